The molecule has 1 fully saturated rings. The standard InChI is InChI=1S/C22H25N3O5/c1-2-30-20-9-3-17(4-10-20)21(26)11-12-22(27)24-15-13-23(14-16-24)18-5-7-19(8-6-18)25(28)29/h3-10H,2,11-16H2,1H3. The van der Waals surface area contributed by atoms with Crippen molar-refractivity contribution in [2.45, 2.75) is 19.8 Å². The van der Waals surface area contributed by atoms with Crippen LogP contribution >= 0.6 is 0 Å². The van der Waals surface area contributed by atoms with Crippen LogP contribution in [0.1, 0.15) is 30.1 Å². The number of Topliss-reactive ketones (excluding diaryl/α,β-unsaturated/α-hetero) is 1. The van der Waals surface area contributed by atoms with Gasteiger partial charge in [-0.05, 0) is 43.3 Å². The molecule has 1 aliphatic heterocycles. The van der Waals surface area contributed by atoms with E-state index in [1.807, 2.05) is 6.92 Å². The highest BCUT2D eigenvalue weighted by Gasteiger charge is 2.22. The molecule has 8 nitrogen and oxygen atoms in total. The van der Waals surface area contributed by atoms with Crippen LogP contribution in [0.15, 0.2) is 48.5 Å². The number of ketones is 1. The highest BCUT2D eigenvalue weighted by atomic mass is 16.6. The number of nitrogens with zero attached hydrogens (tertiary/aromatic N) is 3. The summed E-state index contributed by atoms with van der Waals surface area (Å²) in [7, 11) is 0. The Morgan fingerprint density at radius 3 is 2.17 bits per heavy atom. The van der Waals surface area contributed by atoms with Gasteiger partial charge in [0, 0.05) is 62.4 Å². The van der Waals surface area contributed by atoms with E-state index in [0.717, 1.165) is 11.4 Å². The van der Waals surface area contributed by atoms with Crippen molar-refractivity contribution in [2.24, 2.45) is 0 Å². The number of non-ortho nitro benzene ring substituents is 1. The molecule has 1 aliphatic rings. The SMILES string of the molecule is CCOc1ccc(C(=O)CCC(=O)N2CCN(c3ccc([N+](=O)[O-])cc3)CC2)cc1. The van der Waals surface area contributed by atoms with Gasteiger partial charge in [0.2, 0.25) is 5.91 Å². The zero-order valence-electron chi connectivity index (χ0n) is 17.0. The first-order valence-corrected chi connectivity index (χ1v) is 10.0. The highest BCUT2D eigenvalue weighted by molar-refractivity contribution is 5.98. The van der Waals surface area contributed by atoms with Gasteiger partial charge in [0.25, 0.3) is 5.69 Å². The van der Waals surface area contributed by atoms with Crippen molar-refractivity contribution in [3.63, 3.8) is 0 Å². The van der Waals surface area contributed by atoms with E-state index in [1.165, 1.54) is 12.1 Å². The molecule has 0 aromatic heterocycles. The molecule has 2 aromatic rings. The molecular formula is C22H25N3O5. The zero-order valence-corrected chi connectivity index (χ0v) is 17.0. The quantitative estimate of drug-likeness (QED) is 0.376. The van der Waals surface area contributed by atoms with Crippen LogP contribution in [-0.2, 0) is 4.79 Å². The third kappa shape index (κ3) is 5.34. The summed E-state index contributed by atoms with van der Waals surface area (Å²) in [4.78, 5) is 39.1. The first-order chi connectivity index (χ1) is 14.5. The summed E-state index contributed by atoms with van der Waals surface area (Å²) in [5, 5.41) is 10.8. The average molecular weight is 411 g/mol. The van der Waals surface area contributed by atoms with Gasteiger partial charge in [0.1, 0.15) is 5.75 Å². The van der Waals surface area contributed by atoms with E-state index in [1.54, 1.807) is 41.3 Å². The molecule has 2 aromatic carbocycles. The van der Waals surface area contributed by atoms with Gasteiger partial charge in [0.15, 0.2) is 5.78 Å². The van der Waals surface area contributed by atoms with Crippen molar-refractivity contribution in [3.05, 3.63) is 64.2 Å². The van der Waals surface area contributed by atoms with Crippen molar-refractivity contribution >= 4 is 23.1 Å². The van der Waals surface area contributed by atoms with Crippen molar-refractivity contribution in [3.8, 4) is 5.75 Å². The summed E-state index contributed by atoms with van der Waals surface area (Å²) in [6.07, 6.45) is 0.360. The molecule has 3 rings (SSSR count). The monoisotopic (exact) mass is 411 g/mol. The maximum Gasteiger partial charge on any atom is 0.269 e. The second-order valence-electron chi connectivity index (χ2n) is 7.02. The van der Waals surface area contributed by atoms with Crippen LogP contribution in [-0.4, -0.2) is 54.3 Å². The van der Waals surface area contributed by atoms with Crippen LogP contribution in [0, 0.1) is 10.1 Å². The van der Waals surface area contributed by atoms with Gasteiger partial charge in [-0.3, -0.25) is 19.7 Å². The average Bonchev–Trinajstić information content (AvgIpc) is 2.78. The minimum atomic E-state index is -0.422. The number of carbonyl (C=O) groups excluding carboxylic acids is 2. The minimum Gasteiger partial charge on any atom is -0.494 e. The van der Waals surface area contributed by atoms with Crippen LogP contribution in [0.5, 0.6) is 5.75 Å². The van der Waals surface area contributed by atoms with Crippen LogP contribution in [0.3, 0.4) is 0 Å². The molecular weight excluding hydrogens is 386 g/mol. The summed E-state index contributed by atoms with van der Waals surface area (Å²) in [6.45, 7) is 4.89. The molecule has 0 bridgehead atoms. The Labute approximate surface area is 175 Å². The van der Waals surface area contributed by atoms with Gasteiger partial charge >= 0.3 is 0 Å². The van der Waals surface area contributed by atoms with Crippen molar-refractivity contribution in [2.75, 3.05) is 37.7 Å². The third-order valence-electron chi connectivity index (χ3n) is 5.11. The van der Waals surface area contributed by atoms with E-state index in [4.69, 9.17) is 4.74 Å². The number of hydrogen-bond acceptors (Lipinski definition) is 6. The molecule has 1 saturated heterocycles. The second kappa shape index (κ2) is 9.87. The summed E-state index contributed by atoms with van der Waals surface area (Å²) in [6, 6.07) is 13.4. The second-order valence-corrected chi connectivity index (χ2v) is 7.02. The Balaban J connectivity index is 1.45. The van der Waals surface area contributed by atoms with E-state index in [-0.39, 0.29) is 30.2 Å². The molecule has 0 atom stereocenters. The van der Waals surface area contributed by atoms with E-state index in [0.29, 0.717) is 38.3 Å². The van der Waals surface area contributed by atoms with Crippen LogP contribution in [0.2, 0.25) is 0 Å². The number of nitro benzene ring substituents is 1. The molecule has 1 heterocycles. The first-order valence-electron chi connectivity index (χ1n) is 10.0. The molecule has 0 saturated carbocycles. The number of amides is 1. The van der Waals surface area contributed by atoms with Crippen molar-refractivity contribution in [1.82, 2.24) is 4.90 Å². The number of anilines is 1. The van der Waals surface area contributed by atoms with Gasteiger partial charge in [-0.2, -0.15) is 0 Å². The van der Waals surface area contributed by atoms with Crippen molar-refractivity contribution in [1.29, 1.82) is 0 Å². The molecule has 0 radical (unpaired) electrons. The highest BCUT2D eigenvalue weighted by Crippen LogP contribution is 2.21. The van der Waals surface area contributed by atoms with E-state index >= 15 is 0 Å². The fourth-order valence-electron chi connectivity index (χ4n) is 3.43. The number of carbonyl (C=O) groups is 2. The van der Waals surface area contributed by atoms with Gasteiger partial charge in [-0.15, -0.1) is 0 Å². The number of nitro groups is 1. The van der Waals surface area contributed by atoms with Gasteiger partial charge in [0.05, 0.1) is 11.5 Å². The maximum atomic E-state index is 12.5. The molecule has 30 heavy (non-hydrogen) atoms. The molecule has 0 spiro atoms. The van der Waals surface area contributed by atoms with E-state index < -0.39 is 4.92 Å². The zero-order chi connectivity index (χ0) is 21.5. The van der Waals surface area contributed by atoms with Crippen LogP contribution in [0.4, 0.5) is 11.4 Å². The summed E-state index contributed by atoms with van der Waals surface area (Å²) in [5.41, 5.74) is 1.54. The van der Waals surface area contributed by atoms with Crippen LogP contribution in [0.25, 0.3) is 0 Å². The molecule has 0 aliphatic carbocycles. The van der Waals surface area contributed by atoms with Gasteiger partial charge in [-0.25, -0.2) is 0 Å². The largest absolute Gasteiger partial charge is 0.494 e. The lowest BCUT2D eigenvalue weighted by molar-refractivity contribution is -0.384. The molecule has 1 amide bonds. The third-order valence-corrected chi connectivity index (χ3v) is 5.11. The fraction of sp³-hybridized carbons (Fsp3) is 0.364. The lowest BCUT2D eigenvalue weighted by atomic mass is 10.1. The maximum absolute atomic E-state index is 12.5. The predicted octanol–water partition coefficient (Wildman–Crippen LogP) is 3.31. The Hall–Kier alpha value is -3.42. The smallest absolute Gasteiger partial charge is 0.269 e. The van der Waals surface area contributed by atoms with Crippen LogP contribution < -0.4 is 9.64 Å². The van der Waals surface area contributed by atoms with Gasteiger partial charge < -0.3 is 14.5 Å². The summed E-state index contributed by atoms with van der Waals surface area (Å²) >= 11 is 0. The Kier molecular flexibility index (Phi) is 7.00. The molecule has 0 N–H and O–H groups in total. The van der Waals surface area contributed by atoms with E-state index in [9.17, 15) is 19.7 Å². The number of benzene rings is 2. The lowest BCUT2D eigenvalue weighted by Gasteiger charge is -2.36. The predicted molar refractivity (Wildman–Crippen MR) is 113 cm³/mol. The number of rotatable bonds is 8. The lowest BCUT2D eigenvalue weighted by Crippen LogP contribution is -2.48. The summed E-state index contributed by atoms with van der Waals surface area (Å²) < 4.78 is 5.37. The normalized spacial score (nSPS) is 13.8. The minimum absolute atomic E-state index is 0.0300. The molecule has 0 unspecified atom stereocenters. The molecule has 8 heteroatoms. The van der Waals surface area contributed by atoms with E-state index in [2.05, 4.69) is 4.90 Å². The number of hydrogen-bond donors (Lipinski definition) is 0. The number of ether oxygens (including phenoxy) is 1. The Bertz CT molecular complexity index is 888. The summed E-state index contributed by atoms with van der Waals surface area (Å²) in [5.74, 6) is 0.629. The first kappa shape index (κ1) is 21.3. The topological polar surface area (TPSA) is 93.0 Å². The Morgan fingerprint density at radius 1 is 0.967 bits per heavy atom. The molecule has 158 valence electrons. The number of piperazine rings is 1. The fourth-order valence-corrected chi connectivity index (χ4v) is 3.43. The van der Waals surface area contributed by atoms with Gasteiger partial charge in [-0.1, -0.05) is 0 Å². The van der Waals surface area contributed by atoms with Crippen molar-refractivity contribution < 1.29 is 19.2 Å². The Morgan fingerprint density at radius 2 is 1.60 bits per heavy atom.